The summed E-state index contributed by atoms with van der Waals surface area (Å²) >= 11 is 0. The van der Waals surface area contributed by atoms with Crippen molar-refractivity contribution in [3.8, 4) is 5.75 Å². The third-order valence-electron chi connectivity index (χ3n) is 3.65. The molecule has 5 nitrogen and oxygen atoms in total. The molecule has 0 aliphatic carbocycles. The van der Waals surface area contributed by atoms with E-state index in [0.29, 0.717) is 18.7 Å². The van der Waals surface area contributed by atoms with Crippen LogP contribution >= 0.6 is 0 Å². The van der Waals surface area contributed by atoms with Crippen LogP contribution in [0.1, 0.15) is 16.8 Å². The maximum absolute atomic E-state index is 12.5. The number of hydrogen-bond donors (Lipinski definition) is 0. The predicted molar refractivity (Wildman–Crippen MR) is 88.7 cm³/mol. The van der Waals surface area contributed by atoms with E-state index >= 15 is 0 Å². The highest BCUT2D eigenvalue weighted by Crippen LogP contribution is 2.13. The molecule has 0 fully saturated rings. The number of aromatic nitrogens is 2. The third kappa shape index (κ3) is 3.51. The number of para-hydroxylation sites is 1. The molecule has 23 heavy (non-hydrogen) atoms. The van der Waals surface area contributed by atoms with Crippen molar-refractivity contribution < 1.29 is 9.53 Å². The number of hydrogen-bond acceptors (Lipinski definition) is 3. The van der Waals surface area contributed by atoms with E-state index < -0.39 is 0 Å². The number of amides is 1. The Balaban J connectivity index is 1.54. The molecule has 0 saturated heterocycles. The molecule has 5 heteroatoms. The summed E-state index contributed by atoms with van der Waals surface area (Å²) in [7, 11) is 1.80. The third-order valence-corrected chi connectivity index (χ3v) is 3.65. The Kier molecular flexibility index (Phi) is 4.57. The maximum atomic E-state index is 12.5. The highest BCUT2D eigenvalue weighted by molar-refractivity contribution is 6.00. The topological polar surface area (TPSA) is 46.8 Å². The molecule has 1 amide bonds. The Morgan fingerprint density at radius 2 is 1.96 bits per heavy atom. The van der Waals surface area contributed by atoms with Crippen molar-refractivity contribution in [1.29, 1.82) is 0 Å². The van der Waals surface area contributed by atoms with Gasteiger partial charge in [0.25, 0.3) is 5.91 Å². The lowest BCUT2D eigenvalue weighted by Gasteiger charge is -2.16. The molecule has 2 aromatic heterocycles. The van der Waals surface area contributed by atoms with Crippen molar-refractivity contribution in [2.75, 3.05) is 20.2 Å². The summed E-state index contributed by atoms with van der Waals surface area (Å²) in [6.07, 6.45) is 4.23. The summed E-state index contributed by atoms with van der Waals surface area (Å²) in [5, 5.41) is 4.20. The fraction of sp³-hybridized carbons (Fsp3) is 0.222. The largest absolute Gasteiger partial charge is 0.494 e. The molecular weight excluding hydrogens is 290 g/mol. The van der Waals surface area contributed by atoms with Gasteiger partial charge < -0.3 is 9.64 Å². The SMILES string of the molecule is CN(CCCOc1ccccc1)C(=O)c1cnn2ccccc12. The highest BCUT2D eigenvalue weighted by atomic mass is 16.5. The second-order valence-corrected chi connectivity index (χ2v) is 5.33. The van der Waals surface area contributed by atoms with Gasteiger partial charge in [0.15, 0.2) is 0 Å². The van der Waals surface area contributed by atoms with Crippen molar-refractivity contribution in [3.63, 3.8) is 0 Å². The molecule has 0 N–H and O–H groups in total. The zero-order valence-corrected chi connectivity index (χ0v) is 13.1. The summed E-state index contributed by atoms with van der Waals surface area (Å²) in [5.74, 6) is 0.829. The van der Waals surface area contributed by atoms with Crippen LogP contribution in [0.25, 0.3) is 5.52 Å². The molecule has 0 atom stereocenters. The van der Waals surface area contributed by atoms with Gasteiger partial charge in [-0.25, -0.2) is 4.52 Å². The van der Waals surface area contributed by atoms with E-state index in [1.807, 2.05) is 54.7 Å². The van der Waals surface area contributed by atoms with E-state index in [1.54, 1.807) is 22.7 Å². The van der Waals surface area contributed by atoms with Crippen molar-refractivity contribution >= 4 is 11.4 Å². The first kappa shape index (κ1) is 15.1. The van der Waals surface area contributed by atoms with Crippen molar-refractivity contribution in [2.45, 2.75) is 6.42 Å². The number of nitrogens with zero attached hydrogens (tertiary/aromatic N) is 3. The molecule has 3 rings (SSSR count). The van der Waals surface area contributed by atoms with Crippen LogP contribution in [-0.4, -0.2) is 40.6 Å². The average molecular weight is 309 g/mol. The molecule has 1 aromatic carbocycles. The molecule has 118 valence electrons. The number of carbonyl (C=O) groups is 1. The number of carbonyl (C=O) groups excluding carboxylic acids is 1. The van der Waals surface area contributed by atoms with Crippen molar-refractivity contribution in [1.82, 2.24) is 14.5 Å². The number of fused-ring (bicyclic) bond motifs is 1. The fourth-order valence-electron chi connectivity index (χ4n) is 2.41. The van der Waals surface area contributed by atoms with Crippen LogP contribution in [0.2, 0.25) is 0 Å². The van der Waals surface area contributed by atoms with Gasteiger partial charge in [0.1, 0.15) is 5.75 Å². The lowest BCUT2D eigenvalue weighted by atomic mass is 10.2. The molecule has 0 saturated carbocycles. The maximum Gasteiger partial charge on any atom is 0.257 e. The first-order chi connectivity index (χ1) is 11.3. The molecule has 0 bridgehead atoms. The number of benzene rings is 1. The Hall–Kier alpha value is -2.82. The molecule has 0 spiro atoms. The van der Waals surface area contributed by atoms with E-state index in [4.69, 9.17) is 4.74 Å². The predicted octanol–water partition coefficient (Wildman–Crippen LogP) is 2.88. The van der Waals surface area contributed by atoms with E-state index in [9.17, 15) is 4.79 Å². The quantitative estimate of drug-likeness (QED) is 0.658. The summed E-state index contributed by atoms with van der Waals surface area (Å²) in [6.45, 7) is 1.21. The van der Waals surface area contributed by atoms with E-state index in [2.05, 4.69) is 5.10 Å². The van der Waals surface area contributed by atoms with Crippen LogP contribution in [0.15, 0.2) is 60.9 Å². The van der Waals surface area contributed by atoms with Crippen molar-refractivity contribution in [3.05, 3.63) is 66.5 Å². The molecule has 0 aliphatic heterocycles. The van der Waals surface area contributed by atoms with Gasteiger partial charge in [0.05, 0.1) is 23.9 Å². The summed E-state index contributed by atoms with van der Waals surface area (Å²) in [4.78, 5) is 14.2. The Bertz CT molecular complexity index is 783. The van der Waals surface area contributed by atoms with Crippen LogP contribution in [-0.2, 0) is 0 Å². The van der Waals surface area contributed by atoms with E-state index in [-0.39, 0.29) is 5.91 Å². The lowest BCUT2D eigenvalue weighted by molar-refractivity contribution is 0.0789. The minimum absolute atomic E-state index is 0.0223. The first-order valence-electron chi connectivity index (χ1n) is 7.61. The zero-order valence-electron chi connectivity index (χ0n) is 13.1. The second kappa shape index (κ2) is 6.96. The van der Waals surface area contributed by atoms with Crippen molar-refractivity contribution in [2.24, 2.45) is 0 Å². The smallest absolute Gasteiger partial charge is 0.257 e. The molecule has 3 aromatic rings. The van der Waals surface area contributed by atoms with Gasteiger partial charge in [-0.15, -0.1) is 0 Å². The second-order valence-electron chi connectivity index (χ2n) is 5.33. The van der Waals surface area contributed by atoms with Gasteiger partial charge >= 0.3 is 0 Å². The first-order valence-corrected chi connectivity index (χ1v) is 7.61. The zero-order chi connectivity index (χ0) is 16.1. The van der Waals surface area contributed by atoms with Gasteiger partial charge in [-0.1, -0.05) is 24.3 Å². The molecule has 0 radical (unpaired) electrons. The van der Waals surface area contributed by atoms with Gasteiger partial charge in [-0.3, -0.25) is 4.79 Å². The van der Waals surface area contributed by atoms with Crippen LogP contribution in [0.4, 0.5) is 0 Å². The van der Waals surface area contributed by atoms with Gasteiger partial charge in [0.2, 0.25) is 0 Å². The number of ether oxygens (including phenoxy) is 1. The van der Waals surface area contributed by atoms with Gasteiger partial charge in [0, 0.05) is 19.8 Å². The van der Waals surface area contributed by atoms with Crippen LogP contribution in [0.3, 0.4) is 0 Å². The summed E-state index contributed by atoms with van der Waals surface area (Å²) in [6, 6.07) is 15.4. The number of pyridine rings is 1. The van der Waals surface area contributed by atoms with Crippen LogP contribution in [0, 0.1) is 0 Å². The van der Waals surface area contributed by atoms with E-state index in [1.165, 1.54) is 0 Å². The summed E-state index contributed by atoms with van der Waals surface area (Å²) < 4.78 is 7.35. The lowest BCUT2D eigenvalue weighted by Crippen LogP contribution is -2.28. The van der Waals surface area contributed by atoms with Gasteiger partial charge in [-0.05, 0) is 30.7 Å². The average Bonchev–Trinajstić information content (AvgIpc) is 3.03. The Morgan fingerprint density at radius 1 is 1.17 bits per heavy atom. The minimum atomic E-state index is -0.0223. The fourth-order valence-corrected chi connectivity index (χ4v) is 2.41. The van der Waals surface area contributed by atoms with E-state index in [0.717, 1.165) is 17.7 Å². The monoisotopic (exact) mass is 309 g/mol. The van der Waals surface area contributed by atoms with Crippen LogP contribution in [0.5, 0.6) is 5.75 Å². The Labute approximate surface area is 135 Å². The minimum Gasteiger partial charge on any atom is -0.494 e. The molecule has 0 unspecified atom stereocenters. The summed E-state index contributed by atoms with van der Waals surface area (Å²) in [5.41, 5.74) is 1.45. The molecule has 2 heterocycles. The standard InChI is InChI=1S/C18H19N3O2/c1-20(11-7-13-23-15-8-3-2-4-9-15)18(22)16-14-19-21-12-6-5-10-17(16)21/h2-6,8-10,12,14H,7,11,13H2,1H3. The highest BCUT2D eigenvalue weighted by Gasteiger charge is 2.16. The van der Waals surface area contributed by atoms with Crippen LogP contribution < -0.4 is 4.74 Å². The molecule has 0 aliphatic rings. The van der Waals surface area contributed by atoms with Gasteiger partial charge in [-0.2, -0.15) is 5.10 Å². The Morgan fingerprint density at radius 3 is 2.78 bits per heavy atom. The normalized spacial score (nSPS) is 10.7. The molecular formula is C18H19N3O2. The number of rotatable bonds is 6.